The molecule has 2 aromatic rings. The van der Waals surface area contributed by atoms with Crippen molar-refractivity contribution in [2.45, 2.75) is 64.5 Å². The standard InChI is InChI=1S/C24H33N5O4/c1-3-17-10-12-24(13-11-17)21(31)29(23(32)27-24)16-20(30)26-22-25-18-8-5-6-9-19(18)28(22)14-7-15-33-4-2/h5-6,8-9,17H,3-4,7,10-16H2,1-2H3,(H,27,32)(H,25,26,30). The molecule has 9 nitrogen and oxygen atoms in total. The SMILES string of the molecule is CCOCCCn1c(NC(=O)CN2C(=O)NC3(CCC(CC)CC3)C2=O)nc2ccccc21. The van der Waals surface area contributed by atoms with Gasteiger partial charge in [0.25, 0.3) is 5.91 Å². The summed E-state index contributed by atoms with van der Waals surface area (Å²) in [7, 11) is 0. The summed E-state index contributed by atoms with van der Waals surface area (Å²) in [5.74, 6) is 0.262. The summed E-state index contributed by atoms with van der Waals surface area (Å²) >= 11 is 0. The van der Waals surface area contributed by atoms with Crippen LogP contribution < -0.4 is 10.6 Å². The molecule has 2 aliphatic rings. The van der Waals surface area contributed by atoms with Gasteiger partial charge in [-0.1, -0.05) is 25.5 Å². The van der Waals surface area contributed by atoms with Crippen LogP contribution in [0, 0.1) is 5.92 Å². The third-order valence-electron chi connectivity index (χ3n) is 6.86. The molecule has 1 aliphatic carbocycles. The summed E-state index contributed by atoms with van der Waals surface area (Å²) < 4.78 is 7.37. The van der Waals surface area contributed by atoms with Gasteiger partial charge < -0.3 is 14.6 Å². The van der Waals surface area contributed by atoms with Gasteiger partial charge >= 0.3 is 6.03 Å². The van der Waals surface area contributed by atoms with Crippen molar-refractivity contribution in [1.82, 2.24) is 19.8 Å². The van der Waals surface area contributed by atoms with Gasteiger partial charge in [-0.3, -0.25) is 19.8 Å². The molecule has 1 spiro atoms. The van der Waals surface area contributed by atoms with E-state index < -0.39 is 17.5 Å². The lowest BCUT2D eigenvalue weighted by molar-refractivity contribution is -0.135. The van der Waals surface area contributed by atoms with E-state index in [1.807, 2.05) is 35.8 Å². The molecule has 1 saturated carbocycles. The molecule has 2 N–H and O–H groups in total. The maximum absolute atomic E-state index is 13.1. The first-order valence-electron chi connectivity index (χ1n) is 11.9. The van der Waals surface area contributed by atoms with E-state index >= 15 is 0 Å². The number of imide groups is 1. The highest BCUT2D eigenvalue weighted by molar-refractivity contribution is 6.10. The maximum Gasteiger partial charge on any atom is 0.325 e. The van der Waals surface area contributed by atoms with Gasteiger partial charge in [0, 0.05) is 19.8 Å². The van der Waals surface area contributed by atoms with Crippen LogP contribution in [0.4, 0.5) is 10.7 Å². The molecule has 4 rings (SSSR count). The van der Waals surface area contributed by atoms with Gasteiger partial charge in [-0.2, -0.15) is 0 Å². The zero-order valence-corrected chi connectivity index (χ0v) is 19.4. The number of urea groups is 1. The van der Waals surface area contributed by atoms with Crippen molar-refractivity contribution >= 4 is 34.8 Å². The smallest absolute Gasteiger partial charge is 0.325 e. The second kappa shape index (κ2) is 9.91. The van der Waals surface area contributed by atoms with E-state index in [-0.39, 0.29) is 12.5 Å². The van der Waals surface area contributed by atoms with Crippen LogP contribution in [0.1, 0.15) is 52.4 Å². The van der Waals surface area contributed by atoms with Gasteiger partial charge in [0.15, 0.2) is 0 Å². The average molecular weight is 456 g/mol. The number of para-hydroxylation sites is 2. The minimum Gasteiger partial charge on any atom is -0.382 e. The molecule has 2 fully saturated rings. The molecule has 0 atom stereocenters. The number of aryl methyl sites for hydroxylation is 1. The van der Waals surface area contributed by atoms with E-state index in [0.717, 1.165) is 41.6 Å². The summed E-state index contributed by atoms with van der Waals surface area (Å²) in [5.41, 5.74) is 0.826. The number of ether oxygens (including phenoxy) is 1. The van der Waals surface area contributed by atoms with Crippen LogP contribution in [0.15, 0.2) is 24.3 Å². The van der Waals surface area contributed by atoms with Crippen LogP contribution in [0.2, 0.25) is 0 Å². The number of anilines is 1. The lowest BCUT2D eigenvalue weighted by Gasteiger charge is -2.34. The highest BCUT2D eigenvalue weighted by Crippen LogP contribution is 2.37. The van der Waals surface area contributed by atoms with Crippen LogP contribution in [0.3, 0.4) is 0 Å². The number of carbonyl (C=O) groups excluding carboxylic acids is 3. The fourth-order valence-electron chi connectivity index (χ4n) is 4.91. The second-order valence-corrected chi connectivity index (χ2v) is 8.93. The van der Waals surface area contributed by atoms with Crippen LogP contribution in [-0.2, 0) is 20.9 Å². The molecule has 1 aromatic carbocycles. The van der Waals surface area contributed by atoms with E-state index in [4.69, 9.17) is 4.74 Å². The Morgan fingerprint density at radius 2 is 2.00 bits per heavy atom. The van der Waals surface area contributed by atoms with Gasteiger partial charge in [-0.25, -0.2) is 9.78 Å². The Kier molecular flexibility index (Phi) is 6.97. The highest BCUT2D eigenvalue weighted by atomic mass is 16.5. The number of benzene rings is 1. The molecule has 1 aromatic heterocycles. The van der Waals surface area contributed by atoms with Crippen molar-refractivity contribution in [2.24, 2.45) is 5.92 Å². The predicted octanol–water partition coefficient (Wildman–Crippen LogP) is 3.29. The topological polar surface area (TPSA) is 106 Å². The molecule has 33 heavy (non-hydrogen) atoms. The number of amides is 4. The molecule has 0 bridgehead atoms. The minimum absolute atomic E-state index is 0.289. The molecule has 4 amide bonds. The highest BCUT2D eigenvalue weighted by Gasteiger charge is 2.52. The number of nitrogens with zero attached hydrogens (tertiary/aromatic N) is 3. The van der Waals surface area contributed by atoms with Crippen molar-refractivity contribution in [2.75, 3.05) is 25.1 Å². The summed E-state index contributed by atoms with van der Waals surface area (Å²) in [6, 6.07) is 7.17. The Morgan fingerprint density at radius 3 is 2.73 bits per heavy atom. The number of nitrogens with one attached hydrogen (secondary N) is 2. The number of rotatable bonds is 9. The quantitative estimate of drug-likeness (QED) is 0.446. The molecule has 0 radical (unpaired) electrons. The number of carbonyl (C=O) groups is 3. The summed E-state index contributed by atoms with van der Waals surface area (Å²) in [6.07, 6.45) is 4.93. The van der Waals surface area contributed by atoms with Crippen LogP contribution in [0.25, 0.3) is 11.0 Å². The van der Waals surface area contributed by atoms with E-state index in [1.165, 1.54) is 0 Å². The third kappa shape index (κ3) is 4.73. The van der Waals surface area contributed by atoms with E-state index in [0.29, 0.717) is 44.5 Å². The normalized spacial score (nSPS) is 22.8. The zero-order chi connectivity index (χ0) is 23.4. The number of fused-ring (bicyclic) bond motifs is 1. The maximum atomic E-state index is 13.1. The van der Waals surface area contributed by atoms with Gasteiger partial charge in [0.1, 0.15) is 12.1 Å². The lowest BCUT2D eigenvalue weighted by Crippen LogP contribution is -2.49. The Labute approximate surface area is 193 Å². The van der Waals surface area contributed by atoms with E-state index in [2.05, 4.69) is 22.5 Å². The molecular formula is C24H33N5O4. The monoisotopic (exact) mass is 455 g/mol. The van der Waals surface area contributed by atoms with Crippen LogP contribution in [-0.4, -0.2) is 57.6 Å². The van der Waals surface area contributed by atoms with Gasteiger partial charge in [0.2, 0.25) is 11.9 Å². The molecule has 1 saturated heterocycles. The second-order valence-electron chi connectivity index (χ2n) is 8.93. The molecule has 178 valence electrons. The van der Waals surface area contributed by atoms with Crippen LogP contribution >= 0.6 is 0 Å². The van der Waals surface area contributed by atoms with Crippen molar-refractivity contribution in [3.8, 4) is 0 Å². The number of imidazole rings is 1. The lowest BCUT2D eigenvalue weighted by atomic mass is 9.75. The first-order valence-corrected chi connectivity index (χ1v) is 11.9. The number of aromatic nitrogens is 2. The number of hydrogen-bond donors (Lipinski definition) is 2. The Morgan fingerprint density at radius 1 is 1.24 bits per heavy atom. The Balaban J connectivity index is 1.44. The summed E-state index contributed by atoms with van der Waals surface area (Å²) in [5, 5.41) is 5.69. The third-order valence-corrected chi connectivity index (χ3v) is 6.86. The zero-order valence-electron chi connectivity index (χ0n) is 19.4. The van der Waals surface area contributed by atoms with Crippen molar-refractivity contribution in [1.29, 1.82) is 0 Å². The van der Waals surface area contributed by atoms with Crippen molar-refractivity contribution in [3.05, 3.63) is 24.3 Å². The van der Waals surface area contributed by atoms with Crippen molar-refractivity contribution < 1.29 is 19.1 Å². The fourth-order valence-corrected chi connectivity index (χ4v) is 4.91. The number of hydrogen-bond acceptors (Lipinski definition) is 5. The van der Waals surface area contributed by atoms with Gasteiger partial charge in [-0.15, -0.1) is 0 Å². The first kappa shape index (κ1) is 23.2. The fraction of sp³-hybridized carbons (Fsp3) is 0.583. The van der Waals surface area contributed by atoms with Gasteiger partial charge in [-0.05, 0) is 57.1 Å². The Hall–Kier alpha value is -2.94. The van der Waals surface area contributed by atoms with Crippen LogP contribution in [0.5, 0.6) is 0 Å². The Bertz CT molecular complexity index is 1030. The summed E-state index contributed by atoms with van der Waals surface area (Å²) in [4.78, 5) is 44.2. The largest absolute Gasteiger partial charge is 0.382 e. The molecule has 1 aliphatic heterocycles. The van der Waals surface area contributed by atoms with Gasteiger partial charge in [0.05, 0.1) is 11.0 Å². The minimum atomic E-state index is -0.852. The van der Waals surface area contributed by atoms with E-state index in [9.17, 15) is 14.4 Å². The summed E-state index contributed by atoms with van der Waals surface area (Å²) in [6.45, 7) is 5.67. The van der Waals surface area contributed by atoms with E-state index in [1.54, 1.807) is 0 Å². The molecule has 9 heteroatoms. The first-order chi connectivity index (χ1) is 16.0. The average Bonchev–Trinajstić information content (AvgIpc) is 3.27. The molecule has 2 heterocycles. The van der Waals surface area contributed by atoms with Crippen molar-refractivity contribution in [3.63, 3.8) is 0 Å². The molecule has 0 unspecified atom stereocenters. The molecular weight excluding hydrogens is 422 g/mol. The predicted molar refractivity (Wildman–Crippen MR) is 125 cm³/mol.